The first-order valence-electron chi connectivity index (χ1n) is 22.5. The second-order valence-electron chi connectivity index (χ2n) is 17.1. The minimum Gasteiger partial charge on any atom is -0.309 e. The predicted octanol–water partition coefficient (Wildman–Crippen LogP) is 15.7. The van der Waals surface area contributed by atoms with Crippen molar-refractivity contribution in [1.82, 2.24) is 24.1 Å². The molecule has 14 aromatic rings. The third-order valence-electron chi connectivity index (χ3n) is 13.5. The summed E-state index contributed by atoms with van der Waals surface area (Å²) in [6.45, 7) is 0. The summed E-state index contributed by atoms with van der Waals surface area (Å²) in [5.41, 5.74) is 9.85. The van der Waals surface area contributed by atoms with Gasteiger partial charge in [-0.1, -0.05) is 176 Å². The summed E-state index contributed by atoms with van der Waals surface area (Å²) < 4.78 is 4.92. The third kappa shape index (κ3) is 5.38. The Hall–Kier alpha value is -8.93. The van der Waals surface area contributed by atoms with Gasteiger partial charge < -0.3 is 9.13 Å². The molecule has 5 heteroatoms. The van der Waals surface area contributed by atoms with Crippen LogP contribution in [0.2, 0.25) is 0 Å². The standard InChI is InChI=1S/C61H37N5/c1-4-18-38(19-5-1)59-62-60(39-20-6-2-7-21-39)64-61(63-59)40-32-34-48-50(36-40)43-24-10-11-26-45(43)57-55(48)46-27-12-13-28-47(46)56-49-29-15-17-31-53(49)66(58(56)57)42-33-35-54-51(37-42)44-25-14-16-30-52(44)65(54)41-22-8-3-9-23-41/h1-37H. The normalized spacial score (nSPS) is 11.9. The molecule has 0 unspecified atom stereocenters. The van der Waals surface area contributed by atoms with Gasteiger partial charge in [-0.3, -0.25) is 0 Å². The van der Waals surface area contributed by atoms with E-state index in [-0.39, 0.29) is 0 Å². The maximum atomic E-state index is 5.14. The summed E-state index contributed by atoms with van der Waals surface area (Å²) >= 11 is 0. The van der Waals surface area contributed by atoms with E-state index in [4.69, 9.17) is 15.0 Å². The van der Waals surface area contributed by atoms with Gasteiger partial charge in [0, 0.05) is 60.4 Å². The molecule has 3 aromatic heterocycles. The van der Waals surface area contributed by atoms with Crippen molar-refractivity contribution in [2.45, 2.75) is 0 Å². The van der Waals surface area contributed by atoms with E-state index in [0.29, 0.717) is 17.5 Å². The van der Waals surface area contributed by atoms with Crippen molar-refractivity contribution in [2.24, 2.45) is 0 Å². The number of hydrogen-bond acceptors (Lipinski definition) is 3. The van der Waals surface area contributed by atoms with Crippen LogP contribution in [0.1, 0.15) is 0 Å². The number of para-hydroxylation sites is 3. The fourth-order valence-electron chi connectivity index (χ4n) is 10.7. The second-order valence-corrected chi connectivity index (χ2v) is 17.1. The van der Waals surface area contributed by atoms with E-state index in [1.165, 1.54) is 81.3 Å². The summed E-state index contributed by atoms with van der Waals surface area (Å²) in [6.07, 6.45) is 0. The SMILES string of the molecule is c1ccc(-c2nc(-c3ccccc3)nc(-c3ccc4c(c3)c3ccccc3c3c4c4ccccc4c4c5ccccc5n(-c5ccc6c(c5)c5ccccc5n6-c5ccccc5)c43)n2)cc1. The zero-order valence-electron chi connectivity index (χ0n) is 35.6. The van der Waals surface area contributed by atoms with E-state index in [9.17, 15) is 0 Å². The van der Waals surface area contributed by atoms with Gasteiger partial charge in [0.05, 0.1) is 22.1 Å². The van der Waals surface area contributed by atoms with Crippen LogP contribution in [0.25, 0.3) is 132 Å². The van der Waals surface area contributed by atoms with E-state index in [1.807, 2.05) is 36.4 Å². The molecule has 0 atom stereocenters. The Labute approximate surface area is 379 Å². The van der Waals surface area contributed by atoms with E-state index >= 15 is 0 Å². The molecule has 0 saturated heterocycles. The fraction of sp³-hybridized carbons (Fsp3) is 0. The molecule has 0 amide bonds. The van der Waals surface area contributed by atoms with Crippen molar-refractivity contribution in [1.29, 1.82) is 0 Å². The van der Waals surface area contributed by atoms with Gasteiger partial charge in [-0.15, -0.1) is 0 Å². The summed E-state index contributed by atoms with van der Waals surface area (Å²) in [7, 11) is 0. The summed E-state index contributed by atoms with van der Waals surface area (Å²) in [4.78, 5) is 15.3. The minimum atomic E-state index is 0.637. The highest BCUT2D eigenvalue weighted by molar-refractivity contribution is 6.42. The topological polar surface area (TPSA) is 48.5 Å². The third-order valence-corrected chi connectivity index (χ3v) is 13.5. The molecule has 5 nitrogen and oxygen atoms in total. The van der Waals surface area contributed by atoms with Crippen LogP contribution in [0.15, 0.2) is 224 Å². The molecule has 66 heavy (non-hydrogen) atoms. The maximum absolute atomic E-state index is 5.14. The van der Waals surface area contributed by atoms with Gasteiger partial charge in [-0.25, -0.2) is 15.0 Å². The van der Waals surface area contributed by atoms with Crippen LogP contribution in [0.3, 0.4) is 0 Å². The highest BCUT2D eigenvalue weighted by Crippen LogP contribution is 2.48. The Kier molecular flexibility index (Phi) is 7.91. The van der Waals surface area contributed by atoms with Crippen molar-refractivity contribution in [3.63, 3.8) is 0 Å². The van der Waals surface area contributed by atoms with Crippen LogP contribution < -0.4 is 0 Å². The zero-order chi connectivity index (χ0) is 43.3. The van der Waals surface area contributed by atoms with Crippen molar-refractivity contribution in [3.05, 3.63) is 224 Å². The van der Waals surface area contributed by atoms with Crippen LogP contribution in [-0.4, -0.2) is 24.1 Å². The summed E-state index contributed by atoms with van der Waals surface area (Å²) in [6, 6.07) is 80.5. The highest BCUT2D eigenvalue weighted by atomic mass is 15.0. The molecule has 11 aromatic carbocycles. The predicted molar refractivity (Wildman–Crippen MR) is 275 cm³/mol. The number of aromatic nitrogens is 5. The van der Waals surface area contributed by atoms with Gasteiger partial charge in [0.1, 0.15) is 0 Å². The second kappa shape index (κ2) is 14.3. The van der Waals surface area contributed by atoms with E-state index in [1.54, 1.807) is 0 Å². The fourth-order valence-corrected chi connectivity index (χ4v) is 10.7. The molecule has 0 aliphatic heterocycles. The van der Waals surface area contributed by atoms with Crippen molar-refractivity contribution >= 4 is 86.7 Å². The Balaban J connectivity index is 1.09. The first-order valence-corrected chi connectivity index (χ1v) is 22.5. The first kappa shape index (κ1) is 36.5. The van der Waals surface area contributed by atoms with Crippen LogP contribution in [-0.2, 0) is 0 Å². The minimum absolute atomic E-state index is 0.637. The van der Waals surface area contributed by atoms with Gasteiger partial charge in [-0.05, 0) is 80.8 Å². The highest BCUT2D eigenvalue weighted by Gasteiger charge is 2.24. The van der Waals surface area contributed by atoms with Crippen molar-refractivity contribution < 1.29 is 0 Å². The van der Waals surface area contributed by atoms with E-state index < -0.39 is 0 Å². The van der Waals surface area contributed by atoms with Crippen LogP contribution in [0.4, 0.5) is 0 Å². The molecule has 0 spiro atoms. The maximum Gasteiger partial charge on any atom is 0.164 e. The van der Waals surface area contributed by atoms with Gasteiger partial charge in [0.25, 0.3) is 0 Å². The molecule has 14 rings (SSSR count). The van der Waals surface area contributed by atoms with E-state index in [2.05, 4.69) is 197 Å². The van der Waals surface area contributed by atoms with Gasteiger partial charge in [0.15, 0.2) is 17.5 Å². The molecule has 0 fully saturated rings. The molecule has 0 aliphatic carbocycles. The summed E-state index contributed by atoms with van der Waals surface area (Å²) in [5, 5.41) is 14.6. The Morgan fingerprint density at radius 1 is 0.242 bits per heavy atom. The average molecular weight is 840 g/mol. The molecule has 0 bridgehead atoms. The number of rotatable bonds is 5. The van der Waals surface area contributed by atoms with Crippen LogP contribution in [0, 0.1) is 0 Å². The number of hydrogen-bond donors (Lipinski definition) is 0. The summed E-state index contributed by atoms with van der Waals surface area (Å²) in [5.74, 6) is 1.93. The molecular formula is C61H37N5. The lowest BCUT2D eigenvalue weighted by Crippen LogP contribution is -2.00. The van der Waals surface area contributed by atoms with Crippen molar-refractivity contribution in [2.75, 3.05) is 0 Å². The average Bonchev–Trinajstić information content (AvgIpc) is 3.92. The van der Waals surface area contributed by atoms with Gasteiger partial charge in [0.2, 0.25) is 0 Å². The Bertz CT molecular complexity index is 4210. The molecule has 0 saturated carbocycles. The molecule has 0 N–H and O–H groups in total. The molecule has 3 heterocycles. The lowest BCUT2D eigenvalue weighted by Gasteiger charge is -2.18. The van der Waals surface area contributed by atoms with Crippen molar-refractivity contribution in [3.8, 4) is 45.5 Å². The number of nitrogens with zero attached hydrogens (tertiary/aromatic N) is 5. The van der Waals surface area contributed by atoms with Gasteiger partial charge in [-0.2, -0.15) is 0 Å². The molecular weight excluding hydrogens is 803 g/mol. The van der Waals surface area contributed by atoms with Crippen LogP contribution in [0.5, 0.6) is 0 Å². The lowest BCUT2D eigenvalue weighted by atomic mass is 9.88. The quantitative estimate of drug-likeness (QED) is 0.162. The Morgan fingerprint density at radius 2 is 0.712 bits per heavy atom. The first-order chi connectivity index (χ1) is 32.8. The number of benzene rings is 11. The van der Waals surface area contributed by atoms with Gasteiger partial charge >= 0.3 is 0 Å². The zero-order valence-corrected chi connectivity index (χ0v) is 35.6. The molecule has 0 radical (unpaired) electrons. The van der Waals surface area contributed by atoms with E-state index in [0.717, 1.165) is 33.5 Å². The smallest absolute Gasteiger partial charge is 0.164 e. The largest absolute Gasteiger partial charge is 0.309 e. The van der Waals surface area contributed by atoms with Crippen LogP contribution >= 0.6 is 0 Å². The number of fused-ring (bicyclic) bond motifs is 16. The molecule has 306 valence electrons. The molecule has 0 aliphatic rings. The Morgan fingerprint density at radius 3 is 1.36 bits per heavy atom. The lowest BCUT2D eigenvalue weighted by molar-refractivity contribution is 1.07. The monoisotopic (exact) mass is 839 g/mol.